The maximum absolute atomic E-state index is 11.4. The van der Waals surface area contributed by atoms with Crippen molar-refractivity contribution in [1.82, 2.24) is 0 Å². The topological polar surface area (TPSA) is 17.1 Å². The predicted molar refractivity (Wildman–Crippen MR) is 48.7 cm³/mol. The van der Waals surface area contributed by atoms with Crippen LogP contribution >= 0.6 is 0 Å². The molecule has 0 unspecified atom stereocenters. The van der Waals surface area contributed by atoms with Crippen LogP contribution in [0.1, 0.15) is 25.7 Å². The van der Waals surface area contributed by atoms with E-state index in [0.29, 0.717) is 11.7 Å². The number of carbonyl (C=O) groups is 1. The summed E-state index contributed by atoms with van der Waals surface area (Å²) in [4.78, 5) is 11.4. The molecule has 1 nitrogen and oxygen atoms in total. The van der Waals surface area contributed by atoms with E-state index in [0.717, 1.165) is 25.7 Å². The number of carbonyl (C=O) groups excluding carboxylic acids is 1. The molecule has 0 aliphatic heterocycles. The fourth-order valence-corrected chi connectivity index (χ4v) is 2.26. The van der Waals surface area contributed by atoms with Crippen molar-refractivity contribution < 1.29 is 4.79 Å². The Bertz CT molecular complexity index is 250. The molecule has 0 aromatic rings. The fourth-order valence-electron chi connectivity index (χ4n) is 2.26. The van der Waals surface area contributed by atoms with E-state index in [4.69, 9.17) is 0 Å². The average Bonchev–Trinajstić information content (AvgIpc) is 2.30. The van der Waals surface area contributed by atoms with Gasteiger partial charge in [-0.3, -0.25) is 4.79 Å². The Kier molecular flexibility index (Phi) is 1.87. The zero-order chi connectivity index (χ0) is 8.55. The third-order valence-electron chi connectivity index (χ3n) is 3.01. The number of hydrogen-bond acceptors (Lipinski definition) is 1. The lowest BCUT2D eigenvalue weighted by Gasteiger charge is -2.14. The first-order chi connectivity index (χ1) is 5.79. The van der Waals surface area contributed by atoms with E-state index in [2.05, 4.69) is 18.7 Å². The van der Waals surface area contributed by atoms with Gasteiger partial charge < -0.3 is 0 Å². The van der Waals surface area contributed by atoms with Gasteiger partial charge in [0.15, 0.2) is 0 Å². The molecule has 0 amide bonds. The van der Waals surface area contributed by atoms with Gasteiger partial charge in [0.25, 0.3) is 0 Å². The summed E-state index contributed by atoms with van der Waals surface area (Å²) in [6.45, 7) is 4.06. The zero-order valence-electron chi connectivity index (χ0n) is 7.25. The molecule has 12 heavy (non-hydrogen) atoms. The highest BCUT2D eigenvalue weighted by atomic mass is 16.1. The minimum Gasteiger partial charge on any atom is -0.299 e. The summed E-state index contributed by atoms with van der Waals surface area (Å²) in [5.41, 5.74) is 1.29. The summed E-state index contributed by atoms with van der Waals surface area (Å²) >= 11 is 0. The van der Waals surface area contributed by atoms with Crippen molar-refractivity contribution in [2.24, 2.45) is 11.8 Å². The molecule has 1 fully saturated rings. The van der Waals surface area contributed by atoms with Crippen LogP contribution < -0.4 is 0 Å². The Morgan fingerprint density at radius 2 is 2.25 bits per heavy atom. The summed E-state index contributed by atoms with van der Waals surface area (Å²) in [5.74, 6) is 1.07. The monoisotopic (exact) mass is 162 g/mol. The Balaban J connectivity index is 2.26. The zero-order valence-corrected chi connectivity index (χ0v) is 7.25. The molecule has 0 radical (unpaired) electrons. The van der Waals surface area contributed by atoms with Crippen molar-refractivity contribution in [2.45, 2.75) is 25.7 Å². The van der Waals surface area contributed by atoms with Gasteiger partial charge in [0.2, 0.25) is 0 Å². The van der Waals surface area contributed by atoms with Gasteiger partial charge >= 0.3 is 0 Å². The molecule has 2 rings (SSSR count). The molecule has 1 saturated carbocycles. The first kappa shape index (κ1) is 7.78. The summed E-state index contributed by atoms with van der Waals surface area (Å²) in [5, 5.41) is 0. The molecule has 0 aromatic heterocycles. The van der Waals surface area contributed by atoms with Crippen molar-refractivity contribution in [2.75, 3.05) is 0 Å². The van der Waals surface area contributed by atoms with Crippen molar-refractivity contribution >= 4 is 5.78 Å². The molecule has 0 aromatic carbocycles. The first-order valence-electron chi connectivity index (χ1n) is 4.66. The fraction of sp³-hybridized carbons (Fsp3) is 0.545. The Morgan fingerprint density at radius 1 is 1.42 bits per heavy atom. The Hall–Kier alpha value is -0.850. The number of hydrogen-bond donors (Lipinski definition) is 0. The van der Waals surface area contributed by atoms with Gasteiger partial charge in [-0.25, -0.2) is 0 Å². The minimum atomic E-state index is 0.181. The first-order valence-corrected chi connectivity index (χ1v) is 4.66. The highest BCUT2D eigenvalue weighted by Gasteiger charge is 2.34. The molecule has 2 aliphatic rings. The molecule has 2 aliphatic carbocycles. The van der Waals surface area contributed by atoms with Crippen LogP contribution in [0.2, 0.25) is 0 Å². The van der Waals surface area contributed by atoms with Crippen molar-refractivity contribution in [3.05, 3.63) is 24.3 Å². The molecule has 0 saturated heterocycles. The van der Waals surface area contributed by atoms with E-state index >= 15 is 0 Å². The second-order valence-electron chi connectivity index (χ2n) is 3.76. The van der Waals surface area contributed by atoms with Crippen LogP contribution in [-0.4, -0.2) is 5.78 Å². The Morgan fingerprint density at radius 3 is 3.08 bits per heavy atom. The number of ketones is 1. The van der Waals surface area contributed by atoms with E-state index in [1.807, 2.05) is 0 Å². The largest absolute Gasteiger partial charge is 0.299 e. The van der Waals surface area contributed by atoms with Crippen LogP contribution in [0.25, 0.3) is 0 Å². The van der Waals surface area contributed by atoms with E-state index in [1.54, 1.807) is 0 Å². The molecule has 0 N–H and O–H groups in total. The molecule has 0 spiro atoms. The number of Topliss-reactive ketones (excluding diaryl/α,β-unsaturated/α-hetero) is 1. The normalized spacial score (nSPS) is 35.0. The van der Waals surface area contributed by atoms with Gasteiger partial charge in [-0.2, -0.15) is 0 Å². The van der Waals surface area contributed by atoms with Crippen LogP contribution in [0, 0.1) is 11.8 Å². The van der Waals surface area contributed by atoms with Gasteiger partial charge in [0, 0.05) is 12.3 Å². The molecule has 2 atom stereocenters. The van der Waals surface area contributed by atoms with Gasteiger partial charge in [-0.05, 0) is 25.2 Å². The van der Waals surface area contributed by atoms with E-state index in [1.165, 1.54) is 5.57 Å². The lowest BCUT2D eigenvalue weighted by molar-refractivity contribution is -0.119. The van der Waals surface area contributed by atoms with Gasteiger partial charge in [-0.15, -0.1) is 0 Å². The maximum Gasteiger partial charge on any atom is 0.140 e. The lowest BCUT2D eigenvalue weighted by atomic mass is 9.89. The number of fused-ring (bicyclic) bond motifs is 1. The van der Waals surface area contributed by atoms with Crippen molar-refractivity contribution in [3.8, 4) is 0 Å². The van der Waals surface area contributed by atoms with Crippen LogP contribution in [0.5, 0.6) is 0 Å². The smallest absolute Gasteiger partial charge is 0.140 e. The van der Waals surface area contributed by atoms with Crippen molar-refractivity contribution in [3.63, 3.8) is 0 Å². The van der Waals surface area contributed by atoms with Crippen LogP contribution in [0.4, 0.5) is 0 Å². The summed E-state index contributed by atoms with van der Waals surface area (Å²) in [7, 11) is 0. The van der Waals surface area contributed by atoms with E-state index in [-0.39, 0.29) is 5.92 Å². The Labute approximate surface area is 73.2 Å². The number of rotatable bonds is 0. The maximum atomic E-state index is 11.4. The second-order valence-corrected chi connectivity index (χ2v) is 3.76. The predicted octanol–water partition coefficient (Wildman–Crippen LogP) is 2.49. The lowest BCUT2D eigenvalue weighted by Crippen LogP contribution is -2.12. The standard InChI is InChI=1S/C11H14O/c1-8-4-2-3-5-10-9(8)6-7-11(10)12/h3,5,9-10H,1-2,4,6-7H2/t9-,10+/m1/s1. The van der Waals surface area contributed by atoms with E-state index in [9.17, 15) is 4.79 Å². The van der Waals surface area contributed by atoms with Gasteiger partial charge in [0.05, 0.1) is 0 Å². The third-order valence-corrected chi connectivity index (χ3v) is 3.01. The highest BCUT2D eigenvalue weighted by molar-refractivity contribution is 5.85. The van der Waals surface area contributed by atoms with Gasteiger partial charge in [0.1, 0.15) is 5.78 Å². The average molecular weight is 162 g/mol. The molecule has 0 bridgehead atoms. The van der Waals surface area contributed by atoms with Crippen molar-refractivity contribution in [1.29, 1.82) is 0 Å². The van der Waals surface area contributed by atoms with Crippen LogP contribution in [0.3, 0.4) is 0 Å². The molecular formula is C11H14O. The molecule has 64 valence electrons. The van der Waals surface area contributed by atoms with Crippen LogP contribution in [-0.2, 0) is 4.79 Å². The summed E-state index contributed by atoms with van der Waals surface area (Å²) < 4.78 is 0. The van der Waals surface area contributed by atoms with Gasteiger partial charge in [-0.1, -0.05) is 24.3 Å². The third kappa shape index (κ3) is 1.13. The number of allylic oxidation sites excluding steroid dienone is 3. The SMILES string of the molecule is C=C1CCC=C[C@@H]2C(=O)CC[C@H]12. The molecular weight excluding hydrogens is 148 g/mol. The summed E-state index contributed by atoms with van der Waals surface area (Å²) in [6.07, 6.45) is 8.17. The van der Waals surface area contributed by atoms with E-state index < -0.39 is 0 Å². The quantitative estimate of drug-likeness (QED) is 0.500. The minimum absolute atomic E-state index is 0.181. The second kappa shape index (κ2) is 2.89. The summed E-state index contributed by atoms with van der Waals surface area (Å²) in [6, 6.07) is 0. The molecule has 0 heterocycles. The van der Waals surface area contributed by atoms with Crippen LogP contribution in [0.15, 0.2) is 24.3 Å². The highest BCUT2D eigenvalue weighted by Crippen LogP contribution is 2.38. The molecule has 1 heteroatoms.